The second kappa shape index (κ2) is 20.5. The molecule has 1 saturated carbocycles. The number of aliphatic hydroxyl groups is 1. The predicted octanol–water partition coefficient (Wildman–Crippen LogP) is 1.43. The highest BCUT2D eigenvalue weighted by molar-refractivity contribution is 7.19. The summed E-state index contributed by atoms with van der Waals surface area (Å²) in [6, 6.07) is 0.572. The van der Waals surface area contributed by atoms with Crippen LogP contribution in [-0.2, 0) is 39.7 Å². The Labute approximate surface area is 297 Å². The number of hydrogen-bond donors (Lipinski definition) is 3. The van der Waals surface area contributed by atoms with E-state index in [-0.39, 0.29) is 25.2 Å². The summed E-state index contributed by atoms with van der Waals surface area (Å²) < 4.78 is 33.5. The number of aromatic nitrogens is 2. The molecular weight excluding hydrogens is 670 g/mol. The van der Waals surface area contributed by atoms with Crippen molar-refractivity contribution in [3.05, 3.63) is 16.8 Å². The SMILES string of the molecule is NC(=O)[C@@H](O)C[C@H]1CCc2sc3ncnc(O[C@H]4CC[C@H](N5CCN(CCOCCOCCOCCOCCOCC(=O)O)CC5)CC4)c3c21. The average molecular weight is 724 g/mol. The van der Waals surface area contributed by atoms with Gasteiger partial charge in [0, 0.05) is 43.6 Å². The van der Waals surface area contributed by atoms with Gasteiger partial charge in [0.1, 0.15) is 30.0 Å². The van der Waals surface area contributed by atoms with Crippen LogP contribution in [-0.4, -0.2) is 159 Å². The third-order valence-corrected chi connectivity index (χ3v) is 10.8. The zero-order chi connectivity index (χ0) is 35.1. The number of carboxylic acids is 1. The summed E-state index contributed by atoms with van der Waals surface area (Å²) in [4.78, 5) is 38.2. The topological polar surface area (TPSA) is 188 Å². The molecule has 2 fully saturated rings. The molecule has 1 aliphatic heterocycles. The molecule has 2 aromatic heterocycles. The molecule has 0 bridgehead atoms. The largest absolute Gasteiger partial charge is 0.480 e. The summed E-state index contributed by atoms with van der Waals surface area (Å²) in [5.74, 6) is -0.996. The molecule has 0 spiro atoms. The van der Waals surface area contributed by atoms with Crippen molar-refractivity contribution in [3.8, 4) is 5.88 Å². The minimum atomic E-state index is -1.16. The van der Waals surface area contributed by atoms with Gasteiger partial charge in [-0.25, -0.2) is 14.8 Å². The molecule has 2 aromatic rings. The lowest BCUT2D eigenvalue weighted by molar-refractivity contribution is -0.142. The van der Waals surface area contributed by atoms with Crippen LogP contribution in [0.3, 0.4) is 0 Å². The van der Waals surface area contributed by atoms with E-state index in [1.165, 1.54) is 4.88 Å². The van der Waals surface area contributed by atoms with Gasteiger partial charge in [-0.1, -0.05) is 0 Å². The minimum Gasteiger partial charge on any atom is -0.480 e. The molecule has 3 heterocycles. The number of hydrogen-bond acceptors (Lipinski definition) is 14. The summed E-state index contributed by atoms with van der Waals surface area (Å²) in [6.07, 6.45) is 6.79. The number of ether oxygens (including phenoxy) is 6. The monoisotopic (exact) mass is 723 g/mol. The molecule has 2 atom stereocenters. The Morgan fingerprint density at radius 3 is 2.10 bits per heavy atom. The number of aryl methyl sites for hydroxylation is 1. The predicted molar refractivity (Wildman–Crippen MR) is 185 cm³/mol. The molecule has 50 heavy (non-hydrogen) atoms. The van der Waals surface area contributed by atoms with E-state index in [1.807, 2.05) is 0 Å². The zero-order valence-electron chi connectivity index (χ0n) is 28.9. The van der Waals surface area contributed by atoms with Gasteiger partial charge in [0.05, 0.1) is 64.8 Å². The van der Waals surface area contributed by atoms with Gasteiger partial charge in [0.25, 0.3) is 0 Å². The summed E-state index contributed by atoms with van der Waals surface area (Å²) in [5, 5.41) is 19.6. The first-order valence-electron chi connectivity index (χ1n) is 17.9. The normalized spacial score (nSPS) is 22.1. The summed E-state index contributed by atoms with van der Waals surface area (Å²) in [7, 11) is 0. The van der Waals surface area contributed by atoms with Crippen LogP contribution in [0.5, 0.6) is 5.88 Å². The Kier molecular flexibility index (Phi) is 15.9. The van der Waals surface area contributed by atoms with Crippen LogP contribution in [0.4, 0.5) is 0 Å². The van der Waals surface area contributed by atoms with Crippen LogP contribution in [0.15, 0.2) is 6.33 Å². The van der Waals surface area contributed by atoms with Crippen molar-refractivity contribution in [1.82, 2.24) is 19.8 Å². The third kappa shape index (κ3) is 11.7. The summed E-state index contributed by atoms with van der Waals surface area (Å²) in [6.45, 7) is 9.01. The van der Waals surface area contributed by atoms with Crippen LogP contribution in [0.25, 0.3) is 10.2 Å². The Balaban J connectivity index is 0.898. The maximum atomic E-state index is 11.5. The molecular formula is C34H53N5O10S. The van der Waals surface area contributed by atoms with Crippen LogP contribution < -0.4 is 10.5 Å². The van der Waals surface area contributed by atoms with E-state index in [2.05, 4.69) is 19.8 Å². The van der Waals surface area contributed by atoms with Gasteiger partial charge in [0.15, 0.2) is 0 Å². The second-order valence-corrected chi connectivity index (χ2v) is 14.1. The van der Waals surface area contributed by atoms with Crippen molar-refractivity contribution in [3.63, 3.8) is 0 Å². The summed E-state index contributed by atoms with van der Waals surface area (Å²) >= 11 is 1.66. The molecule has 4 N–H and O–H groups in total. The maximum absolute atomic E-state index is 11.5. The van der Waals surface area contributed by atoms with Crippen LogP contribution >= 0.6 is 11.3 Å². The molecule has 1 saturated heterocycles. The fraction of sp³-hybridized carbons (Fsp3) is 0.765. The molecule has 15 nitrogen and oxygen atoms in total. The van der Waals surface area contributed by atoms with Crippen LogP contribution in [0.1, 0.15) is 54.9 Å². The molecule has 3 aliphatic rings. The zero-order valence-corrected chi connectivity index (χ0v) is 29.7. The van der Waals surface area contributed by atoms with E-state index in [4.69, 9.17) is 39.3 Å². The van der Waals surface area contributed by atoms with Crippen molar-refractivity contribution in [2.24, 2.45) is 5.73 Å². The highest BCUT2D eigenvalue weighted by Crippen LogP contribution is 2.47. The number of nitrogens with zero attached hydrogens (tertiary/aromatic N) is 4. The van der Waals surface area contributed by atoms with E-state index in [9.17, 15) is 14.7 Å². The number of carbonyl (C=O) groups excluding carboxylic acids is 1. The number of thiophene rings is 1. The lowest BCUT2D eigenvalue weighted by Crippen LogP contribution is -2.52. The Bertz CT molecular complexity index is 1330. The van der Waals surface area contributed by atoms with Gasteiger partial charge < -0.3 is 44.4 Å². The fourth-order valence-corrected chi connectivity index (χ4v) is 8.25. The van der Waals surface area contributed by atoms with Gasteiger partial charge in [-0.3, -0.25) is 14.6 Å². The molecule has 16 heteroatoms. The number of fused-ring (bicyclic) bond motifs is 3. The third-order valence-electron chi connectivity index (χ3n) is 9.64. The molecule has 0 aromatic carbocycles. The molecule has 0 unspecified atom stereocenters. The van der Waals surface area contributed by atoms with Gasteiger partial charge in [-0.15, -0.1) is 11.3 Å². The van der Waals surface area contributed by atoms with Crippen molar-refractivity contribution in [2.45, 2.75) is 69.1 Å². The molecule has 0 radical (unpaired) electrons. The number of piperazine rings is 1. The fourth-order valence-electron chi connectivity index (χ4n) is 7.02. The first kappa shape index (κ1) is 38.7. The quantitative estimate of drug-likeness (QED) is 0.140. The number of nitrogens with two attached hydrogens (primary N) is 1. The first-order chi connectivity index (χ1) is 24.4. The van der Waals surface area contributed by atoms with Crippen molar-refractivity contribution >= 4 is 33.4 Å². The van der Waals surface area contributed by atoms with Crippen molar-refractivity contribution < 1.29 is 48.2 Å². The highest BCUT2D eigenvalue weighted by atomic mass is 32.1. The highest BCUT2D eigenvalue weighted by Gasteiger charge is 2.34. The molecule has 280 valence electrons. The van der Waals surface area contributed by atoms with E-state index in [0.29, 0.717) is 71.2 Å². The van der Waals surface area contributed by atoms with Gasteiger partial charge in [-0.05, 0) is 56.4 Å². The lowest BCUT2D eigenvalue weighted by atomic mass is 9.91. The van der Waals surface area contributed by atoms with Gasteiger partial charge in [-0.2, -0.15) is 0 Å². The molecule has 2 aliphatic carbocycles. The Hall–Kier alpha value is -2.54. The molecule has 1 amide bonds. The Morgan fingerprint density at radius 1 is 0.860 bits per heavy atom. The van der Waals surface area contributed by atoms with E-state index in [0.717, 1.165) is 87.0 Å². The standard InChI is InChI=1S/C34H53N5O10S/c35-32(43)27(40)21-24-1-6-28-30(24)31-33(36-23-37-34(31)50-28)49-26-4-2-25(3-5-26)39-9-7-38(8-10-39)11-12-44-13-14-45-15-16-46-17-18-47-19-20-48-22-29(41)42/h23-27,40H,1-22H2,(H2,35,43)(H,41,42)/t24-,25-,26-,27+/m1/s1. The van der Waals surface area contributed by atoms with E-state index < -0.39 is 18.0 Å². The van der Waals surface area contributed by atoms with E-state index >= 15 is 0 Å². The van der Waals surface area contributed by atoms with Crippen molar-refractivity contribution in [2.75, 3.05) is 98.8 Å². The summed E-state index contributed by atoms with van der Waals surface area (Å²) in [5.41, 5.74) is 6.48. The number of amides is 1. The number of carbonyl (C=O) groups is 2. The number of rotatable bonds is 23. The first-order valence-corrected chi connectivity index (χ1v) is 18.7. The van der Waals surface area contributed by atoms with Gasteiger partial charge in [0.2, 0.25) is 11.8 Å². The smallest absolute Gasteiger partial charge is 0.329 e. The lowest BCUT2D eigenvalue weighted by Gasteiger charge is -2.41. The van der Waals surface area contributed by atoms with Crippen LogP contribution in [0, 0.1) is 0 Å². The Morgan fingerprint density at radius 2 is 1.48 bits per heavy atom. The number of aliphatic carboxylic acids is 1. The number of primary amides is 1. The van der Waals surface area contributed by atoms with E-state index in [1.54, 1.807) is 17.7 Å². The minimum absolute atomic E-state index is 0.0481. The maximum Gasteiger partial charge on any atom is 0.329 e. The average Bonchev–Trinajstić information content (AvgIpc) is 3.68. The van der Waals surface area contributed by atoms with Crippen LogP contribution in [0.2, 0.25) is 0 Å². The second-order valence-electron chi connectivity index (χ2n) is 13.0. The molecule has 5 rings (SSSR count). The van der Waals surface area contributed by atoms with Crippen molar-refractivity contribution in [1.29, 1.82) is 0 Å². The number of aliphatic hydroxyl groups excluding tert-OH is 1. The van der Waals surface area contributed by atoms with Gasteiger partial charge >= 0.3 is 5.97 Å². The number of carboxylic acid groups (broad SMARTS) is 1.